The molecule has 0 bridgehead atoms. The fourth-order valence-electron chi connectivity index (χ4n) is 8.03. The van der Waals surface area contributed by atoms with Crippen LogP contribution in [0.15, 0.2) is 170 Å². The minimum atomic E-state index is -0.838. The number of carbonyl (C=O) groups is 3. The number of ether oxygens (including phenoxy) is 3. The zero-order valence-electron chi connectivity index (χ0n) is 50.6. The lowest BCUT2D eigenvalue weighted by atomic mass is 10.1. The highest BCUT2D eigenvalue weighted by Crippen LogP contribution is 2.14. The Balaban J connectivity index is 4.59. The van der Waals surface area contributed by atoms with Gasteiger partial charge >= 0.3 is 17.9 Å². The predicted molar refractivity (Wildman–Crippen MR) is 343 cm³/mol. The minimum absolute atomic E-state index is 0.135. The van der Waals surface area contributed by atoms with Crippen LogP contribution in [0.3, 0.4) is 0 Å². The predicted octanol–water partition coefficient (Wildman–Crippen LogP) is 21.9. The van der Waals surface area contributed by atoms with Gasteiger partial charge in [-0.2, -0.15) is 0 Å². The molecule has 0 saturated heterocycles. The molecule has 0 aliphatic heterocycles. The summed E-state index contributed by atoms with van der Waals surface area (Å²) in [5.74, 6) is -1.06. The van der Waals surface area contributed by atoms with Gasteiger partial charge < -0.3 is 14.2 Å². The van der Waals surface area contributed by atoms with Gasteiger partial charge in [-0.25, -0.2) is 0 Å². The Labute approximate surface area is 485 Å². The highest BCUT2D eigenvalue weighted by atomic mass is 16.6. The van der Waals surface area contributed by atoms with Gasteiger partial charge in [0.05, 0.1) is 0 Å². The van der Waals surface area contributed by atoms with Crippen LogP contribution in [-0.2, 0) is 28.6 Å². The van der Waals surface area contributed by atoms with E-state index in [0.29, 0.717) is 19.3 Å². The quantitative estimate of drug-likeness (QED) is 0.0261. The van der Waals surface area contributed by atoms with Crippen molar-refractivity contribution < 1.29 is 28.6 Å². The molecule has 0 aliphatic carbocycles. The Morgan fingerprint density at radius 3 is 0.810 bits per heavy atom. The third-order valence-corrected chi connectivity index (χ3v) is 12.7. The van der Waals surface area contributed by atoms with Crippen LogP contribution in [0.25, 0.3) is 0 Å². The van der Waals surface area contributed by atoms with Crippen LogP contribution in [0.1, 0.15) is 252 Å². The lowest BCUT2D eigenvalue weighted by Gasteiger charge is -2.18. The summed E-state index contributed by atoms with van der Waals surface area (Å²) in [6.45, 7) is 6.30. The number of rotatable bonds is 55. The van der Waals surface area contributed by atoms with Crippen LogP contribution in [0.2, 0.25) is 0 Å². The molecule has 1 atom stereocenters. The van der Waals surface area contributed by atoms with E-state index in [0.717, 1.165) is 116 Å². The standard InChI is InChI=1S/C73H114O6/c1-4-7-10-13-16-19-22-25-28-31-33-35-36-38-39-42-45-48-51-54-57-60-63-66-72(75)78-69-70(68-77-71(74)65-62-59-56-53-50-47-44-41-30-27-24-21-18-15-12-9-6-3)79-73(76)67-64-61-58-55-52-49-46-43-40-37-34-32-29-26-23-20-17-14-11-8-5-2/h7,9-10,12,16,18-19,21,23,25-28,30,32-35,38-39,44-45,47-48,53-54,56-57,70H,4-6,8,11,13-15,17,20,22,24,29,31,36-37,40-43,46,49-52,55,58-69H2,1-3H3/b10-7-,12-9-,19-16-,21-18-,26-23-,28-25-,30-27-,34-32-,35-33-,39-38-,47-44-,48-45-,56-53-,57-54-. The fraction of sp³-hybridized carbons (Fsp3) is 0.575. The first-order valence-corrected chi connectivity index (χ1v) is 31.6. The van der Waals surface area contributed by atoms with E-state index >= 15 is 0 Å². The lowest BCUT2D eigenvalue weighted by molar-refractivity contribution is -0.167. The summed E-state index contributed by atoms with van der Waals surface area (Å²) in [6.07, 6.45) is 96.5. The molecular weight excluding hydrogens is 973 g/mol. The molecular formula is C73H114O6. The van der Waals surface area contributed by atoms with Crippen molar-refractivity contribution in [1.82, 2.24) is 0 Å². The van der Waals surface area contributed by atoms with Crippen molar-refractivity contribution in [3.8, 4) is 0 Å². The first kappa shape index (κ1) is 73.8. The second kappa shape index (κ2) is 65.3. The molecule has 1 unspecified atom stereocenters. The molecule has 0 aromatic rings. The molecule has 442 valence electrons. The highest BCUT2D eigenvalue weighted by Gasteiger charge is 2.19. The summed E-state index contributed by atoms with van der Waals surface area (Å²) >= 11 is 0. The highest BCUT2D eigenvalue weighted by molar-refractivity contribution is 5.71. The summed E-state index contributed by atoms with van der Waals surface area (Å²) in [4.78, 5) is 38.3. The number of hydrogen-bond acceptors (Lipinski definition) is 6. The van der Waals surface area contributed by atoms with Crippen LogP contribution >= 0.6 is 0 Å². The Morgan fingerprint density at radius 2 is 0.506 bits per heavy atom. The van der Waals surface area contributed by atoms with Gasteiger partial charge in [-0.1, -0.05) is 262 Å². The van der Waals surface area contributed by atoms with Crippen molar-refractivity contribution in [1.29, 1.82) is 0 Å². The van der Waals surface area contributed by atoms with Gasteiger partial charge in [-0.3, -0.25) is 14.4 Å². The topological polar surface area (TPSA) is 78.9 Å². The van der Waals surface area contributed by atoms with Crippen LogP contribution in [0.5, 0.6) is 0 Å². The fourth-order valence-corrected chi connectivity index (χ4v) is 8.03. The second-order valence-electron chi connectivity index (χ2n) is 20.2. The van der Waals surface area contributed by atoms with E-state index < -0.39 is 6.10 Å². The van der Waals surface area contributed by atoms with Gasteiger partial charge in [0.25, 0.3) is 0 Å². The summed E-state index contributed by atoms with van der Waals surface area (Å²) in [7, 11) is 0. The van der Waals surface area contributed by atoms with E-state index in [9.17, 15) is 14.4 Å². The lowest BCUT2D eigenvalue weighted by Crippen LogP contribution is -2.30. The van der Waals surface area contributed by atoms with Crippen molar-refractivity contribution in [3.63, 3.8) is 0 Å². The maximum Gasteiger partial charge on any atom is 0.306 e. The zero-order valence-corrected chi connectivity index (χ0v) is 50.6. The molecule has 0 spiro atoms. The maximum absolute atomic E-state index is 12.9. The third-order valence-electron chi connectivity index (χ3n) is 12.7. The number of hydrogen-bond donors (Lipinski definition) is 0. The summed E-state index contributed by atoms with van der Waals surface area (Å²) in [5.41, 5.74) is 0. The summed E-state index contributed by atoms with van der Waals surface area (Å²) in [6, 6.07) is 0. The van der Waals surface area contributed by atoms with E-state index in [1.54, 1.807) is 0 Å². The summed E-state index contributed by atoms with van der Waals surface area (Å²) < 4.78 is 16.8. The average Bonchev–Trinajstić information content (AvgIpc) is 3.45. The van der Waals surface area contributed by atoms with Gasteiger partial charge in [0.15, 0.2) is 6.10 Å². The van der Waals surface area contributed by atoms with Crippen LogP contribution in [0, 0.1) is 0 Å². The molecule has 0 aliphatic rings. The Hall–Kier alpha value is -5.23. The third kappa shape index (κ3) is 63.5. The summed E-state index contributed by atoms with van der Waals surface area (Å²) in [5, 5.41) is 0. The van der Waals surface area contributed by atoms with Crippen LogP contribution in [0.4, 0.5) is 0 Å². The van der Waals surface area contributed by atoms with Gasteiger partial charge in [-0.05, 0) is 141 Å². The Kier molecular flexibility index (Phi) is 61.0. The molecule has 0 saturated carbocycles. The van der Waals surface area contributed by atoms with Crippen LogP contribution < -0.4 is 0 Å². The average molecular weight is 1090 g/mol. The van der Waals surface area contributed by atoms with Gasteiger partial charge in [0.1, 0.15) is 13.2 Å². The molecule has 0 aromatic carbocycles. The van der Waals surface area contributed by atoms with E-state index in [-0.39, 0.29) is 44.0 Å². The molecule has 0 rings (SSSR count). The number of allylic oxidation sites excluding steroid dienone is 28. The monoisotopic (exact) mass is 1090 g/mol. The van der Waals surface area contributed by atoms with Crippen molar-refractivity contribution >= 4 is 17.9 Å². The molecule has 79 heavy (non-hydrogen) atoms. The number of carbonyl (C=O) groups excluding carboxylic acids is 3. The molecule has 6 heteroatoms. The molecule has 6 nitrogen and oxygen atoms in total. The number of unbranched alkanes of at least 4 members (excludes halogenated alkanes) is 16. The first-order chi connectivity index (χ1) is 39.0. The van der Waals surface area contributed by atoms with E-state index in [4.69, 9.17) is 14.2 Å². The molecule has 0 amide bonds. The maximum atomic E-state index is 12.9. The second-order valence-corrected chi connectivity index (χ2v) is 20.2. The van der Waals surface area contributed by atoms with E-state index in [1.165, 1.54) is 83.5 Å². The van der Waals surface area contributed by atoms with Crippen molar-refractivity contribution in [2.45, 2.75) is 258 Å². The first-order valence-electron chi connectivity index (χ1n) is 31.6. The molecule has 0 heterocycles. The van der Waals surface area contributed by atoms with Gasteiger partial charge in [-0.15, -0.1) is 0 Å². The Morgan fingerprint density at radius 1 is 0.266 bits per heavy atom. The molecule has 0 aromatic heterocycles. The van der Waals surface area contributed by atoms with Crippen molar-refractivity contribution in [2.24, 2.45) is 0 Å². The Bertz CT molecular complexity index is 1820. The van der Waals surface area contributed by atoms with E-state index in [2.05, 4.69) is 191 Å². The largest absolute Gasteiger partial charge is 0.462 e. The van der Waals surface area contributed by atoms with Gasteiger partial charge in [0, 0.05) is 19.3 Å². The minimum Gasteiger partial charge on any atom is -0.462 e. The number of esters is 3. The van der Waals surface area contributed by atoms with Crippen molar-refractivity contribution in [2.75, 3.05) is 13.2 Å². The van der Waals surface area contributed by atoms with Crippen LogP contribution in [-0.4, -0.2) is 37.2 Å². The van der Waals surface area contributed by atoms with Gasteiger partial charge in [0.2, 0.25) is 0 Å². The smallest absolute Gasteiger partial charge is 0.306 e. The normalized spacial score (nSPS) is 13.3. The SMILES string of the molecule is CC/C=C\C/C=C\C/C=C\C/C=C\C/C=C\C/C=C\C/C=C\CCCC(=O)OCC(COC(=O)CCC/C=C\C/C=C\C/C=C\C/C=C\C/C=C\CC)OC(=O)CCCCCCCCCCC/C=C\C/C=C\CCCCCCC. The molecule has 0 fully saturated rings. The molecule has 0 N–H and O–H groups in total. The molecule has 0 radical (unpaired) electrons. The zero-order chi connectivity index (χ0) is 57.1. The van der Waals surface area contributed by atoms with E-state index in [1.807, 2.05) is 0 Å². The van der Waals surface area contributed by atoms with Crippen molar-refractivity contribution in [3.05, 3.63) is 170 Å².